The van der Waals surface area contributed by atoms with Crippen LogP contribution in [0.15, 0.2) is 60.7 Å². The third kappa shape index (κ3) is 3.67. The van der Waals surface area contributed by atoms with Gasteiger partial charge in [-0.05, 0) is 35.8 Å². The molecule has 2 aromatic carbocycles. The fourth-order valence-corrected chi connectivity index (χ4v) is 5.01. The number of carbonyl (C=O) groups excluding carboxylic acids is 1. The Balaban J connectivity index is 1.78. The van der Waals surface area contributed by atoms with E-state index in [1.807, 2.05) is 55.5 Å². The number of esters is 1. The van der Waals surface area contributed by atoms with Crippen molar-refractivity contribution in [2.75, 3.05) is 0 Å². The van der Waals surface area contributed by atoms with Crippen LogP contribution in [0.1, 0.15) is 45.1 Å². The Bertz CT molecular complexity index is 1030. The minimum atomic E-state index is -0.874. The van der Waals surface area contributed by atoms with E-state index >= 15 is 0 Å². The van der Waals surface area contributed by atoms with Crippen molar-refractivity contribution in [3.8, 4) is 5.75 Å². The Labute approximate surface area is 177 Å². The van der Waals surface area contributed by atoms with Gasteiger partial charge in [0, 0.05) is 10.8 Å². The standard InChI is InChI=1S/C26H28O4/c1-17-8-5-11-19(16-17)25(29)30-22-14-7-10-18-9-6-13-20(23(18)22)26(2)15-4-3-12-21(26)24(27)28/h3-4,6-7,9-10,12-15,17,19,21H,5,8,11,16H2,1-2H3,(H,27,28). The normalized spacial score (nSPS) is 28.4. The third-order valence-corrected chi connectivity index (χ3v) is 6.70. The van der Waals surface area contributed by atoms with Crippen molar-refractivity contribution in [3.05, 3.63) is 66.3 Å². The minimum Gasteiger partial charge on any atom is -0.481 e. The molecular formula is C26H28O4. The molecule has 4 atom stereocenters. The van der Waals surface area contributed by atoms with E-state index in [0.717, 1.165) is 42.0 Å². The molecule has 0 aliphatic heterocycles. The zero-order valence-corrected chi connectivity index (χ0v) is 17.5. The smallest absolute Gasteiger partial charge is 0.314 e. The molecule has 2 aliphatic rings. The number of hydrogen-bond acceptors (Lipinski definition) is 3. The summed E-state index contributed by atoms with van der Waals surface area (Å²) in [5.41, 5.74) is 0.107. The number of allylic oxidation sites excluding steroid dienone is 3. The number of aliphatic carboxylic acids is 1. The van der Waals surface area contributed by atoms with E-state index in [-0.39, 0.29) is 11.9 Å². The molecule has 0 bridgehead atoms. The molecular weight excluding hydrogens is 376 g/mol. The maximum Gasteiger partial charge on any atom is 0.314 e. The van der Waals surface area contributed by atoms with Gasteiger partial charge in [-0.1, -0.05) is 81.3 Å². The molecule has 0 radical (unpaired) electrons. The molecule has 2 aromatic rings. The highest BCUT2D eigenvalue weighted by molar-refractivity contribution is 5.95. The predicted molar refractivity (Wildman–Crippen MR) is 117 cm³/mol. The molecule has 156 valence electrons. The number of fused-ring (bicyclic) bond motifs is 1. The van der Waals surface area contributed by atoms with Crippen molar-refractivity contribution in [1.29, 1.82) is 0 Å². The zero-order valence-electron chi connectivity index (χ0n) is 17.5. The van der Waals surface area contributed by atoms with E-state index in [4.69, 9.17) is 4.74 Å². The Kier molecular flexibility index (Phi) is 5.50. The Hall–Kier alpha value is -2.88. The van der Waals surface area contributed by atoms with Gasteiger partial charge >= 0.3 is 11.9 Å². The van der Waals surface area contributed by atoms with Gasteiger partial charge in [-0.2, -0.15) is 0 Å². The van der Waals surface area contributed by atoms with Crippen LogP contribution in [-0.4, -0.2) is 17.0 Å². The highest BCUT2D eigenvalue weighted by Gasteiger charge is 2.40. The molecule has 0 heterocycles. The van der Waals surface area contributed by atoms with Gasteiger partial charge < -0.3 is 9.84 Å². The van der Waals surface area contributed by atoms with Gasteiger partial charge in [-0.15, -0.1) is 0 Å². The van der Waals surface area contributed by atoms with Crippen molar-refractivity contribution < 1.29 is 19.4 Å². The molecule has 0 amide bonds. The second-order valence-electron chi connectivity index (χ2n) is 8.89. The van der Waals surface area contributed by atoms with Crippen LogP contribution in [0.5, 0.6) is 5.75 Å². The van der Waals surface area contributed by atoms with Crippen LogP contribution in [0.2, 0.25) is 0 Å². The van der Waals surface area contributed by atoms with Gasteiger partial charge in [0.1, 0.15) is 5.75 Å². The second-order valence-corrected chi connectivity index (χ2v) is 8.89. The highest BCUT2D eigenvalue weighted by Crippen LogP contribution is 2.43. The number of rotatable bonds is 4. The fraction of sp³-hybridized carbons (Fsp3) is 0.385. The second kappa shape index (κ2) is 8.10. The summed E-state index contributed by atoms with van der Waals surface area (Å²) in [6.45, 7) is 4.12. The Morgan fingerprint density at radius 2 is 1.87 bits per heavy atom. The highest BCUT2D eigenvalue weighted by atomic mass is 16.5. The summed E-state index contributed by atoms with van der Waals surface area (Å²) in [5.74, 6) is -0.774. The van der Waals surface area contributed by atoms with Gasteiger partial charge in [-0.25, -0.2) is 0 Å². The molecule has 2 aliphatic carbocycles. The van der Waals surface area contributed by atoms with Crippen molar-refractivity contribution >= 4 is 22.7 Å². The van der Waals surface area contributed by atoms with E-state index in [1.165, 1.54) is 0 Å². The van der Waals surface area contributed by atoms with Gasteiger partial charge in [-0.3, -0.25) is 9.59 Å². The lowest BCUT2D eigenvalue weighted by molar-refractivity contribution is -0.142. The first-order chi connectivity index (χ1) is 14.4. The van der Waals surface area contributed by atoms with Gasteiger partial charge in [0.25, 0.3) is 0 Å². The van der Waals surface area contributed by atoms with Crippen LogP contribution in [0.4, 0.5) is 0 Å². The Morgan fingerprint density at radius 3 is 2.60 bits per heavy atom. The molecule has 4 rings (SSSR count). The minimum absolute atomic E-state index is 0.0731. The van der Waals surface area contributed by atoms with Crippen molar-refractivity contribution in [3.63, 3.8) is 0 Å². The average Bonchev–Trinajstić information content (AvgIpc) is 2.73. The SMILES string of the molecule is CC1CCCC(C(=O)Oc2cccc3cccc(C4(C)C=CC=CC4C(=O)O)c23)C1. The number of ether oxygens (including phenoxy) is 1. The van der Waals surface area contributed by atoms with Crippen LogP contribution in [0.3, 0.4) is 0 Å². The van der Waals surface area contributed by atoms with Gasteiger partial charge in [0.15, 0.2) is 0 Å². The molecule has 1 fully saturated rings. The molecule has 0 spiro atoms. The molecule has 4 nitrogen and oxygen atoms in total. The van der Waals surface area contributed by atoms with Gasteiger partial charge in [0.2, 0.25) is 0 Å². The van der Waals surface area contributed by atoms with E-state index in [9.17, 15) is 14.7 Å². The summed E-state index contributed by atoms with van der Waals surface area (Å²) in [7, 11) is 0. The lowest BCUT2D eigenvalue weighted by Crippen LogP contribution is -2.36. The fourth-order valence-electron chi connectivity index (χ4n) is 5.01. The van der Waals surface area contributed by atoms with Crippen LogP contribution >= 0.6 is 0 Å². The van der Waals surface area contributed by atoms with E-state index in [0.29, 0.717) is 11.7 Å². The van der Waals surface area contributed by atoms with Crippen LogP contribution in [0.25, 0.3) is 10.8 Å². The zero-order chi connectivity index (χ0) is 21.3. The number of benzene rings is 2. The van der Waals surface area contributed by atoms with E-state index in [2.05, 4.69) is 6.92 Å². The van der Waals surface area contributed by atoms with Crippen LogP contribution < -0.4 is 4.74 Å². The van der Waals surface area contributed by atoms with Crippen molar-refractivity contribution in [2.24, 2.45) is 17.8 Å². The quantitative estimate of drug-likeness (QED) is 0.528. The maximum absolute atomic E-state index is 13.0. The molecule has 4 heteroatoms. The lowest BCUT2D eigenvalue weighted by atomic mass is 9.68. The van der Waals surface area contributed by atoms with Crippen LogP contribution in [-0.2, 0) is 15.0 Å². The van der Waals surface area contributed by atoms with E-state index in [1.54, 1.807) is 12.2 Å². The largest absolute Gasteiger partial charge is 0.481 e. The summed E-state index contributed by atoms with van der Waals surface area (Å²) in [6, 6.07) is 11.5. The lowest BCUT2D eigenvalue weighted by Gasteiger charge is -2.34. The first-order valence-electron chi connectivity index (χ1n) is 10.7. The van der Waals surface area contributed by atoms with Crippen molar-refractivity contribution in [2.45, 2.75) is 44.9 Å². The molecule has 4 unspecified atom stereocenters. The summed E-state index contributed by atoms with van der Waals surface area (Å²) >= 11 is 0. The average molecular weight is 405 g/mol. The number of hydrogen-bond donors (Lipinski definition) is 1. The monoisotopic (exact) mass is 404 g/mol. The summed E-state index contributed by atoms with van der Waals surface area (Å²) in [6.07, 6.45) is 11.3. The first-order valence-corrected chi connectivity index (χ1v) is 10.7. The molecule has 0 aromatic heterocycles. The predicted octanol–water partition coefficient (Wildman–Crippen LogP) is 5.66. The summed E-state index contributed by atoms with van der Waals surface area (Å²) < 4.78 is 5.96. The number of carboxylic acids is 1. The number of carbonyl (C=O) groups is 2. The summed E-state index contributed by atoms with van der Waals surface area (Å²) in [5, 5.41) is 11.6. The summed E-state index contributed by atoms with van der Waals surface area (Å²) in [4.78, 5) is 25.0. The topological polar surface area (TPSA) is 63.6 Å². The molecule has 30 heavy (non-hydrogen) atoms. The molecule has 1 saturated carbocycles. The van der Waals surface area contributed by atoms with Crippen molar-refractivity contribution in [1.82, 2.24) is 0 Å². The van der Waals surface area contributed by atoms with Crippen LogP contribution in [0, 0.1) is 17.8 Å². The number of carboxylic acid groups (broad SMARTS) is 1. The first kappa shape index (κ1) is 20.4. The third-order valence-electron chi connectivity index (χ3n) is 6.70. The molecule has 0 saturated heterocycles. The maximum atomic E-state index is 13.0. The van der Waals surface area contributed by atoms with E-state index < -0.39 is 17.3 Å². The van der Waals surface area contributed by atoms with Gasteiger partial charge in [0.05, 0.1) is 11.8 Å². The Morgan fingerprint density at radius 1 is 1.10 bits per heavy atom. The molecule has 1 N–H and O–H groups in total.